The Morgan fingerprint density at radius 1 is 1.21 bits per heavy atom. The zero-order chi connectivity index (χ0) is 20.4. The molecule has 2 aromatic rings. The number of fused-ring (bicyclic) bond motifs is 3. The van der Waals surface area contributed by atoms with Crippen LogP contribution in [-0.4, -0.2) is 28.1 Å². The normalized spacial score (nSPS) is 25.8. The number of nitrogens with one attached hydrogen (secondary N) is 1. The number of allylic oxidation sites excluding steroid dienone is 2. The van der Waals surface area contributed by atoms with Gasteiger partial charge in [-0.2, -0.15) is 0 Å². The van der Waals surface area contributed by atoms with Gasteiger partial charge >= 0.3 is 5.97 Å². The molecule has 4 atom stereocenters. The van der Waals surface area contributed by atoms with Crippen molar-refractivity contribution in [1.82, 2.24) is 5.32 Å². The summed E-state index contributed by atoms with van der Waals surface area (Å²) in [5.41, 5.74) is 0.645. The second-order valence-electron chi connectivity index (χ2n) is 8.32. The minimum Gasteiger partial charge on any atom is -0.508 e. The van der Waals surface area contributed by atoms with Crippen LogP contribution in [0.25, 0.3) is 10.1 Å². The summed E-state index contributed by atoms with van der Waals surface area (Å²) in [5.74, 6) is 1.05. The number of aromatic hydroxyl groups is 1. The van der Waals surface area contributed by atoms with E-state index in [1.54, 1.807) is 12.1 Å². The summed E-state index contributed by atoms with van der Waals surface area (Å²) in [7, 11) is 0. The molecule has 1 heterocycles. The lowest BCUT2D eigenvalue weighted by Gasteiger charge is -2.31. The second-order valence-corrected chi connectivity index (χ2v) is 9.23. The largest absolute Gasteiger partial charge is 0.508 e. The van der Waals surface area contributed by atoms with Crippen LogP contribution in [0.2, 0.25) is 0 Å². The molecule has 4 rings (SSSR count). The molecule has 1 amide bonds. The standard InChI is InChI=1S/C23H27NO4S/c25-16-9-10-20-18(12-16)19(13-29-20)23(28)24-22-15-8-7-14(11-15)17(22)5-3-1-2-4-6-21(26)27/h1,3,9-10,12-15,17,22,25H,2,4-8,11H2,(H,24,28)(H,26,27)/b3-1-/t14-,15+,17+,22?/m0/s1. The quantitative estimate of drug-likeness (QED) is 0.422. The number of carbonyl (C=O) groups excluding carboxylic acids is 1. The van der Waals surface area contributed by atoms with Crippen LogP contribution < -0.4 is 5.32 Å². The number of phenolic OH excluding ortho intramolecular Hbond substituents is 1. The van der Waals surface area contributed by atoms with E-state index in [-0.39, 0.29) is 24.1 Å². The number of phenols is 1. The van der Waals surface area contributed by atoms with Crippen molar-refractivity contribution in [3.05, 3.63) is 41.3 Å². The Labute approximate surface area is 174 Å². The number of carbonyl (C=O) groups is 2. The van der Waals surface area contributed by atoms with Gasteiger partial charge in [0.25, 0.3) is 5.91 Å². The number of carboxylic acids is 1. The van der Waals surface area contributed by atoms with Crippen LogP contribution in [0.4, 0.5) is 0 Å². The fraction of sp³-hybridized carbons (Fsp3) is 0.478. The van der Waals surface area contributed by atoms with Crippen molar-refractivity contribution in [2.24, 2.45) is 17.8 Å². The lowest BCUT2D eigenvalue weighted by Crippen LogP contribution is -2.43. The summed E-state index contributed by atoms with van der Waals surface area (Å²) < 4.78 is 1.00. The van der Waals surface area contributed by atoms with Gasteiger partial charge in [0.05, 0.1) is 5.56 Å². The lowest BCUT2D eigenvalue weighted by atomic mass is 9.82. The Morgan fingerprint density at radius 3 is 2.86 bits per heavy atom. The highest BCUT2D eigenvalue weighted by Crippen LogP contribution is 2.50. The van der Waals surface area contributed by atoms with Gasteiger partial charge in [-0.05, 0) is 74.5 Å². The highest BCUT2D eigenvalue weighted by atomic mass is 32.1. The van der Waals surface area contributed by atoms with Gasteiger partial charge in [-0.1, -0.05) is 12.2 Å². The fourth-order valence-corrected chi connectivity index (χ4v) is 6.06. The number of hydrogen-bond donors (Lipinski definition) is 3. The van der Waals surface area contributed by atoms with Gasteiger partial charge in [-0.3, -0.25) is 9.59 Å². The first-order valence-electron chi connectivity index (χ1n) is 10.4. The predicted molar refractivity (Wildman–Crippen MR) is 114 cm³/mol. The average Bonchev–Trinajstić information content (AvgIpc) is 3.39. The molecule has 2 saturated carbocycles. The molecule has 1 aromatic carbocycles. The topological polar surface area (TPSA) is 86.6 Å². The number of aliphatic carboxylic acids is 1. The first-order chi connectivity index (χ1) is 14.0. The second kappa shape index (κ2) is 8.57. The average molecular weight is 414 g/mol. The van der Waals surface area contributed by atoms with E-state index in [4.69, 9.17) is 5.11 Å². The van der Waals surface area contributed by atoms with Crippen LogP contribution in [0.3, 0.4) is 0 Å². The maximum Gasteiger partial charge on any atom is 0.303 e. The smallest absolute Gasteiger partial charge is 0.303 e. The maximum absolute atomic E-state index is 13.0. The van der Waals surface area contributed by atoms with Crippen molar-refractivity contribution >= 4 is 33.3 Å². The number of benzene rings is 1. The van der Waals surface area contributed by atoms with Crippen molar-refractivity contribution in [3.8, 4) is 5.75 Å². The molecule has 2 bridgehead atoms. The predicted octanol–water partition coefficient (Wildman–Crippen LogP) is 4.95. The van der Waals surface area contributed by atoms with Crippen molar-refractivity contribution in [2.45, 2.75) is 51.0 Å². The molecule has 2 aliphatic carbocycles. The van der Waals surface area contributed by atoms with Crippen LogP contribution >= 0.6 is 11.3 Å². The van der Waals surface area contributed by atoms with Gasteiger partial charge in [-0.15, -0.1) is 11.3 Å². The van der Waals surface area contributed by atoms with E-state index in [0.717, 1.165) is 22.9 Å². The fourth-order valence-electron chi connectivity index (χ4n) is 5.14. The highest BCUT2D eigenvalue weighted by molar-refractivity contribution is 7.17. The van der Waals surface area contributed by atoms with Crippen LogP contribution in [0, 0.1) is 17.8 Å². The van der Waals surface area contributed by atoms with Crippen LogP contribution in [0.15, 0.2) is 35.7 Å². The summed E-state index contributed by atoms with van der Waals surface area (Å²) in [4.78, 5) is 23.6. The molecule has 2 aliphatic rings. The van der Waals surface area contributed by atoms with Crippen LogP contribution in [0.1, 0.15) is 55.3 Å². The Balaban J connectivity index is 1.41. The lowest BCUT2D eigenvalue weighted by molar-refractivity contribution is -0.137. The van der Waals surface area contributed by atoms with Gasteiger partial charge in [0.15, 0.2) is 0 Å². The number of hydrogen-bond acceptors (Lipinski definition) is 4. The zero-order valence-electron chi connectivity index (χ0n) is 16.3. The first-order valence-corrected chi connectivity index (χ1v) is 11.3. The maximum atomic E-state index is 13.0. The van der Waals surface area contributed by atoms with E-state index in [1.807, 2.05) is 11.4 Å². The summed E-state index contributed by atoms with van der Waals surface area (Å²) >= 11 is 1.52. The van der Waals surface area contributed by atoms with E-state index in [9.17, 15) is 14.7 Å². The molecular formula is C23H27NO4S. The number of unbranched alkanes of at least 4 members (excludes halogenated alkanes) is 1. The van der Waals surface area contributed by atoms with E-state index < -0.39 is 5.97 Å². The minimum absolute atomic E-state index is 0.0464. The van der Waals surface area contributed by atoms with E-state index in [2.05, 4.69) is 17.5 Å². The molecule has 29 heavy (non-hydrogen) atoms. The van der Waals surface area contributed by atoms with E-state index >= 15 is 0 Å². The van der Waals surface area contributed by atoms with Gasteiger partial charge in [0.1, 0.15) is 5.75 Å². The SMILES string of the molecule is O=C(O)CCC/C=C\C[C@H]1C(NC(=O)c2csc3ccc(O)cc23)[C@@H]2CC[C@H]1C2. The Bertz CT molecular complexity index is 934. The molecule has 0 aliphatic heterocycles. The number of carboxylic acid groups (broad SMARTS) is 1. The third-order valence-corrected chi connectivity index (χ3v) is 7.49. The van der Waals surface area contributed by atoms with E-state index in [0.29, 0.717) is 29.7 Å². The molecule has 3 N–H and O–H groups in total. The molecule has 6 heteroatoms. The van der Waals surface area contributed by atoms with Gasteiger partial charge in [-0.25, -0.2) is 0 Å². The molecule has 0 saturated heterocycles. The minimum atomic E-state index is -0.747. The van der Waals surface area contributed by atoms with E-state index in [1.165, 1.54) is 30.6 Å². The molecule has 2 fully saturated rings. The summed E-state index contributed by atoms with van der Waals surface area (Å²) in [6.45, 7) is 0. The highest BCUT2D eigenvalue weighted by Gasteiger charge is 2.47. The summed E-state index contributed by atoms with van der Waals surface area (Å²) in [6.07, 6.45) is 10.5. The third kappa shape index (κ3) is 4.32. The molecule has 1 unspecified atom stereocenters. The zero-order valence-corrected chi connectivity index (χ0v) is 17.2. The number of amides is 1. The van der Waals surface area contributed by atoms with Crippen LogP contribution in [0.5, 0.6) is 5.75 Å². The summed E-state index contributed by atoms with van der Waals surface area (Å²) in [5, 5.41) is 24.5. The Kier molecular flexibility index (Phi) is 5.90. The number of thiophene rings is 1. The van der Waals surface area contributed by atoms with Crippen molar-refractivity contribution in [2.75, 3.05) is 0 Å². The molecule has 1 aromatic heterocycles. The molecular weight excluding hydrogens is 386 g/mol. The molecule has 0 radical (unpaired) electrons. The van der Waals surface area contributed by atoms with Crippen LogP contribution in [-0.2, 0) is 4.79 Å². The first kappa shape index (κ1) is 20.0. The number of rotatable bonds is 8. The van der Waals surface area contributed by atoms with Crippen molar-refractivity contribution < 1.29 is 19.8 Å². The molecule has 0 spiro atoms. The summed E-state index contributed by atoms with van der Waals surface area (Å²) in [6, 6.07) is 5.35. The molecule has 154 valence electrons. The Morgan fingerprint density at radius 2 is 2.03 bits per heavy atom. The van der Waals surface area contributed by atoms with Crippen molar-refractivity contribution in [3.63, 3.8) is 0 Å². The van der Waals surface area contributed by atoms with Gasteiger partial charge in [0, 0.05) is 27.9 Å². The van der Waals surface area contributed by atoms with Gasteiger partial charge in [0.2, 0.25) is 0 Å². The Hall–Kier alpha value is -2.34. The van der Waals surface area contributed by atoms with Gasteiger partial charge < -0.3 is 15.5 Å². The third-order valence-electron chi connectivity index (χ3n) is 6.52. The monoisotopic (exact) mass is 413 g/mol. The van der Waals surface area contributed by atoms with Crippen molar-refractivity contribution in [1.29, 1.82) is 0 Å². The molecule has 5 nitrogen and oxygen atoms in total.